The number of hydrogen-bond donors (Lipinski definition) is 2. The van der Waals surface area contributed by atoms with E-state index in [-0.39, 0.29) is 27.6 Å². The van der Waals surface area contributed by atoms with Gasteiger partial charge in [-0.1, -0.05) is 27.5 Å². The molecule has 3 N–H and O–H groups in total. The number of nitrogens with two attached hydrogens (primary N) is 1. The normalized spacial score (nSPS) is 10.2. The third-order valence-electron chi connectivity index (χ3n) is 3.00. The number of carbonyl (C=O) groups is 2. The Morgan fingerprint density at radius 1 is 1.28 bits per heavy atom. The van der Waals surface area contributed by atoms with Crippen molar-refractivity contribution in [3.05, 3.63) is 61.6 Å². The molecule has 8 nitrogen and oxygen atoms in total. The maximum atomic E-state index is 12.0. The third kappa shape index (κ3) is 4.91. The van der Waals surface area contributed by atoms with Gasteiger partial charge in [0.05, 0.1) is 10.5 Å². The van der Waals surface area contributed by atoms with E-state index in [1.54, 1.807) is 6.07 Å². The quantitative estimate of drug-likeness (QED) is 0.325. The van der Waals surface area contributed by atoms with E-state index in [9.17, 15) is 19.7 Å². The van der Waals surface area contributed by atoms with Gasteiger partial charge in [0, 0.05) is 21.9 Å². The monoisotopic (exact) mass is 427 g/mol. The largest absolute Gasteiger partial charge is 0.452 e. The van der Waals surface area contributed by atoms with Crippen LogP contribution in [0.15, 0.2) is 40.9 Å². The minimum Gasteiger partial charge on any atom is -0.452 e. The molecular weight excluding hydrogens is 418 g/mol. The van der Waals surface area contributed by atoms with Gasteiger partial charge >= 0.3 is 5.97 Å². The lowest BCUT2D eigenvalue weighted by Crippen LogP contribution is -2.21. The Morgan fingerprint density at radius 2 is 2.00 bits per heavy atom. The molecule has 0 aromatic heterocycles. The van der Waals surface area contributed by atoms with Gasteiger partial charge in [-0.15, -0.1) is 0 Å². The van der Waals surface area contributed by atoms with E-state index in [1.807, 2.05) is 0 Å². The number of esters is 1. The molecule has 0 saturated carbocycles. The van der Waals surface area contributed by atoms with Crippen molar-refractivity contribution in [2.75, 3.05) is 17.7 Å². The Kier molecular flexibility index (Phi) is 5.94. The highest BCUT2D eigenvalue weighted by atomic mass is 79.9. The molecule has 0 radical (unpaired) electrons. The average molecular weight is 429 g/mol. The van der Waals surface area contributed by atoms with Crippen LogP contribution in [-0.2, 0) is 9.53 Å². The fraction of sp³-hybridized carbons (Fsp3) is 0.0667. The molecule has 0 heterocycles. The third-order valence-corrected chi connectivity index (χ3v) is 3.81. The van der Waals surface area contributed by atoms with Crippen LogP contribution in [0.5, 0.6) is 0 Å². The van der Waals surface area contributed by atoms with Gasteiger partial charge in [0.15, 0.2) is 6.61 Å². The molecule has 130 valence electrons. The number of nitro benzene ring substituents is 1. The van der Waals surface area contributed by atoms with Crippen LogP contribution < -0.4 is 11.1 Å². The molecule has 25 heavy (non-hydrogen) atoms. The molecule has 0 bridgehead atoms. The van der Waals surface area contributed by atoms with E-state index in [1.165, 1.54) is 24.3 Å². The summed E-state index contributed by atoms with van der Waals surface area (Å²) in [5.41, 5.74) is 5.81. The van der Waals surface area contributed by atoms with Crippen molar-refractivity contribution < 1.29 is 19.2 Å². The number of rotatable bonds is 5. The number of hydrogen-bond acceptors (Lipinski definition) is 6. The molecule has 0 fully saturated rings. The first-order valence-electron chi connectivity index (χ1n) is 6.74. The van der Waals surface area contributed by atoms with Crippen LogP contribution in [0.2, 0.25) is 5.02 Å². The van der Waals surface area contributed by atoms with Crippen LogP contribution in [0, 0.1) is 10.1 Å². The Balaban J connectivity index is 1.99. The molecule has 0 aliphatic rings. The van der Waals surface area contributed by atoms with Crippen LogP contribution >= 0.6 is 27.5 Å². The highest BCUT2D eigenvalue weighted by Gasteiger charge is 2.16. The Bertz CT molecular complexity index is 859. The zero-order valence-corrected chi connectivity index (χ0v) is 14.8. The first-order chi connectivity index (χ1) is 11.8. The van der Waals surface area contributed by atoms with E-state index in [0.29, 0.717) is 4.47 Å². The molecule has 0 unspecified atom stereocenters. The van der Waals surface area contributed by atoms with Gasteiger partial charge in [-0.05, 0) is 30.3 Å². The minimum absolute atomic E-state index is 0.0560. The van der Waals surface area contributed by atoms with Crippen LogP contribution in [0.1, 0.15) is 10.4 Å². The molecule has 0 saturated heterocycles. The number of nitrogen functional groups attached to an aromatic ring is 1. The van der Waals surface area contributed by atoms with Gasteiger partial charge in [-0.3, -0.25) is 14.9 Å². The topological polar surface area (TPSA) is 125 Å². The zero-order chi connectivity index (χ0) is 18.6. The predicted octanol–water partition coefficient (Wildman–Crippen LogP) is 3.39. The fourth-order valence-corrected chi connectivity index (χ4v) is 2.39. The number of halogens is 2. The second-order valence-electron chi connectivity index (χ2n) is 4.78. The lowest BCUT2D eigenvalue weighted by molar-refractivity contribution is -0.384. The minimum atomic E-state index is -0.768. The van der Waals surface area contributed by atoms with E-state index >= 15 is 0 Å². The number of nitrogens with zero attached hydrogens (tertiary/aromatic N) is 1. The molecular formula is C15H11BrClN3O5. The summed E-state index contributed by atoms with van der Waals surface area (Å²) < 4.78 is 5.52. The first kappa shape index (κ1) is 18.7. The van der Waals surface area contributed by atoms with Gasteiger partial charge < -0.3 is 15.8 Å². The summed E-state index contributed by atoms with van der Waals surface area (Å²) in [6, 6.07) is 8.43. The van der Waals surface area contributed by atoms with Gasteiger partial charge in [0.2, 0.25) is 0 Å². The van der Waals surface area contributed by atoms with Crippen molar-refractivity contribution in [3.63, 3.8) is 0 Å². The number of ether oxygens (including phenoxy) is 1. The summed E-state index contributed by atoms with van der Waals surface area (Å²) in [5.74, 6) is -1.44. The van der Waals surface area contributed by atoms with Crippen molar-refractivity contribution in [1.29, 1.82) is 0 Å². The number of anilines is 2. The lowest BCUT2D eigenvalue weighted by Gasteiger charge is -2.08. The predicted molar refractivity (Wildman–Crippen MR) is 95.6 cm³/mol. The van der Waals surface area contributed by atoms with Gasteiger partial charge in [-0.2, -0.15) is 0 Å². The van der Waals surface area contributed by atoms with Crippen molar-refractivity contribution in [3.8, 4) is 0 Å². The summed E-state index contributed by atoms with van der Waals surface area (Å²) in [7, 11) is 0. The van der Waals surface area contributed by atoms with E-state index in [2.05, 4.69) is 21.2 Å². The van der Waals surface area contributed by atoms with Crippen LogP contribution in [0.4, 0.5) is 17.1 Å². The fourth-order valence-electron chi connectivity index (χ4n) is 1.84. The van der Waals surface area contributed by atoms with Crippen molar-refractivity contribution >= 4 is 56.5 Å². The highest BCUT2D eigenvalue weighted by Crippen LogP contribution is 2.27. The second kappa shape index (κ2) is 7.95. The summed E-state index contributed by atoms with van der Waals surface area (Å²) in [6.45, 7) is -0.582. The Hall–Kier alpha value is -2.65. The molecule has 0 aliphatic carbocycles. The highest BCUT2D eigenvalue weighted by molar-refractivity contribution is 9.10. The first-order valence-corrected chi connectivity index (χ1v) is 7.91. The SMILES string of the molecule is Nc1ccc(Br)cc1C(=O)OCC(=O)Nc1ccc(Cl)c([N+](=O)[O-])c1. The van der Waals surface area contributed by atoms with E-state index in [0.717, 1.165) is 6.07 Å². The number of carbonyl (C=O) groups excluding carboxylic acids is 2. The average Bonchev–Trinajstić information content (AvgIpc) is 2.56. The van der Waals surface area contributed by atoms with Crippen molar-refractivity contribution in [2.24, 2.45) is 0 Å². The number of nitro groups is 1. The summed E-state index contributed by atoms with van der Waals surface area (Å²) in [4.78, 5) is 33.9. The lowest BCUT2D eigenvalue weighted by atomic mass is 10.2. The maximum Gasteiger partial charge on any atom is 0.340 e. The van der Waals surface area contributed by atoms with E-state index in [4.69, 9.17) is 22.1 Å². The van der Waals surface area contributed by atoms with E-state index < -0.39 is 23.4 Å². The molecule has 0 atom stereocenters. The molecule has 10 heteroatoms. The van der Waals surface area contributed by atoms with Crippen LogP contribution in [0.25, 0.3) is 0 Å². The maximum absolute atomic E-state index is 12.0. The van der Waals surface area contributed by atoms with Crippen molar-refractivity contribution in [2.45, 2.75) is 0 Å². The summed E-state index contributed by atoms with van der Waals surface area (Å²) >= 11 is 8.89. The smallest absolute Gasteiger partial charge is 0.340 e. The Morgan fingerprint density at radius 3 is 2.68 bits per heavy atom. The van der Waals surface area contributed by atoms with Crippen LogP contribution in [0.3, 0.4) is 0 Å². The number of benzene rings is 2. The second-order valence-corrected chi connectivity index (χ2v) is 6.10. The molecule has 0 aliphatic heterocycles. The standard InChI is InChI=1S/C15H11BrClN3O5/c16-8-1-4-12(18)10(5-8)15(22)25-7-14(21)19-9-2-3-11(17)13(6-9)20(23)24/h1-6H,7,18H2,(H,19,21). The molecule has 1 amide bonds. The zero-order valence-electron chi connectivity index (χ0n) is 12.5. The van der Waals surface area contributed by atoms with Gasteiger partial charge in [0.25, 0.3) is 11.6 Å². The van der Waals surface area contributed by atoms with Gasteiger partial charge in [0.1, 0.15) is 5.02 Å². The molecule has 2 rings (SSSR count). The van der Waals surface area contributed by atoms with Crippen molar-refractivity contribution in [1.82, 2.24) is 0 Å². The van der Waals surface area contributed by atoms with Gasteiger partial charge in [-0.25, -0.2) is 4.79 Å². The Labute approximate surface area is 155 Å². The molecule has 2 aromatic carbocycles. The number of amides is 1. The summed E-state index contributed by atoms with van der Waals surface area (Å²) in [6.07, 6.45) is 0. The summed E-state index contributed by atoms with van der Waals surface area (Å²) in [5, 5.41) is 13.1. The molecule has 0 spiro atoms. The number of nitrogens with one attached hydrogen (secondary N) is 1. The molecule has 2 aromatic rings. The van der Waals surface area contributed by atoms with Crippen LogP contribution in [-0.4, -0.2) is 23.4 Å².